The molecule has 1 N–H and O–H groups in total. The molecule has 0 spiro atoms. The monoisotopic (exact) mass is 231 g/mol. The van der Waals surface area contributed by atoms with Crippen molar-refractivity contribution in [2.45, 2.75) is 13.3 Å². The molecule has 0 amide bonds. The fourth-order valence-electron chi connectivity index (χ4n) is 1.17. The molecule has 0 atom stereocenters. The van der Waals surface area contributed by atoms with Crippen LogP contribution < -0.4 is 5.32 Å². The molecule has 0 aliphatic rings. The summed E-state index contributed by atoms with van der Waals surface area (Å²) in [7, 11) is 0. The van der Waals surface area contributed by atoms with E-state index in [-0.39, 0.29) is 5.69 Å². The molecule has 0 aromatic heterocycles. The zero-order valence-electron chi connectivity index (χ0n) is 8.72. The Morgan fingerprint density at radius 2 is 2.13 bits per heavy atom. The number of anilines is 1. The molecule has 1 nitrogen and oxygen atoms in total. The molecule has 1 aromatic carbocycles. The maximum absolute atomic E-state index is 13.1. The van der Waals surface area contributed by atoms with E-state index in [4.69, 9.17) is 0 Å². The fraction of sp³-hybridized carbons (Fsp3) is 0.455. The van der Waals surface area contributed by atoms with Crippen molar-refractivity contribution in [3.63, 3.8) is 0 Å². The zero-order chi connectivity index (χ0) is 11.1. The van der Waals surface area contributed by atoms with Gasteiger partial charge in [0, 0.05) is 6.54 Å². The molecule has 4 heteroatoms. The Kier molecular flexibility index (Phi) is 5.47. The SMILES string of the molecule is CCSCCCNc1cc(F)ccc1F. The van der Waals surface area contributed by atoms with Crippen LogP contribution in [0.2, 0.25) is 0 Å². The second kappa shape index (κ2) is 6.67. The van der Waals surface area contributed by atoms with Crippen LogP contribution in [0.1, 0.15) is 13.3 Å². The van der Waals surface area contributed by atoms with Gasteiger partial charge in [-0.15, -0.1) is 0 Å². The zero-order valence-corrected chi connectivity index (χ0v) is 9.54. The van der Waals surface area contributed by atoms with Crippen molar-refractivity contribution < 1.29 is 8.78 Å². The smallest absolute Gasteiger partial charge is 0.146 e. The standard InChI is InChI=1S/C11H15F2NS/c1-2-15-7-3-6-14-11-8-9(12)4-5-10(11)13/h4-5,8,14H,2-3,6-7H2,1H3. The van der Waals surface area contributed by atoms with E-state index in [0.29, 0.717) is 6.54 Å². The highest BCUT2D eigenvalue weighted by Gasteiger charge is 2.02. The summed E-state index contributed by atoms with van der Waals surface area (Å²) in [6.07, 6.45) is 0.953. The Bertz CT molecular complexity index is 305. The molecule has 0 aliphatic carbocycles. The summed E-state index contributed by atoms with van der Waals surface area (Å²) in [5.41, 5.74) is 0.247. The Balaban J connectivity index is 2.33. The van der Waals surface area contributed by atoms with Gasteiger partial charge in [0.25, 0.3) is 0 Å². The molecule has 0 radical (unpaired) electrons. The lowest BCUT2D eigenvalue weighted by Crippen LogP contribution is -2.04. The normalized spacial score (nSPS) is 10.3. The Hall–Kier alpha value is -0.770. The third-order valence-electron chi connectivity index (χ3n) is 1.91. The number of nitrogens with one attached hydrogen (secondary N) is 1. The molecule has 0 fully saturated rings. The Labute approximate surface area is 93.3 Å². The van der Waals surface area contributed by atoms with E-state index in [1.165, 1.54) is 6.07 Å². The molecule has 0 aliphatic heterocycles. The summed E-state index contributed by atoms with van der Waals surface area (Å²) in [6, 6.07) is 3.44. The molecule has 0 saturated carbocycles. The minimum Gasteiger partial charge on any atom is -0.383 e. The summed E-state index contributed by atoms with van der Waals surface area (Å²) in [5.74, 6) is 1.32. The predicted molar refractivity (Wildman–Crippen MR) is 62.5 cm³/mol. The van der Waals surface area contributed by atoms with Gasteiger partial charge in [-0.2, -0.15) is 11.8 Å². The van der Waals surface area contributed by atoms with Crippen LogP contribution in [0.15, 0.2) is 18.2 Å². The molecule has 15 heavy (non-hydrogen) atoms. The molecule has 1 aromatic rings. The molecule has 84 valence electrons. The Morgan fingerprint density at radius 3 is 2.87 bits per heavy atom. The molecule has 0 saturated heterocycles. The molecule has 0 heterocycles. The van der Waals surface area contributed by atoms with Crippen molar-refractivity contribution in [3.05, 3.63) is 29.8 Å². The van der Waals surface area contributed by atoms with Crippen LogP contribution in [0.25, 0.3) is 0 Å². The van der Waals surface area contributed by atoms with E-state index in [9.17, 15) is 8.78 Å². The first-order valence-corrected chi connectivity index (χ1v) is 6.16. The van der Waals surface area contributed by atoms with Gasteiger partial charge in [-0.05, 0) is 36.1 Å². The van der Waals surface area contributed by atoms with Gasteiger partial charge < -0.3 is 5.32 Å². The van der Waals surface area contributed by atoms with Gasteiger partial charge in [0.05, 0.1) is 5.69 Å². The van der Waals surface area contributed by atoms with E-state index in [2.05, 4.69) is 12.2 Å². The summed E-state index contributed by atoms with van der Waals surface area (Å²) < 4.78 is 25.9. The van der Waals surface area contributed by atoms with Crippen molar-refractivity contribution in [3.8, 4) is 0 Å². The van der Waals surface area contributed by atoms with Crippen LogP contribution in [0, 0.1) is 11.6 Å². The Morgan fingerprint density at radius 1 is 1.33 bits per heavy atom. The summed E-state index contributed by atoms with van der Waals surface area (Å²) >= 11 is 1.84. The van der Waals surface area contributed by atoms with Crippen molar-refractivity contribution in [1.29, 1.82) is 0 Å². The van der Waals surface area contributed by atoms with Gasteiger partial charge in [-0.3, -0.25) is 0 Å². The minimum atomic E-state index is -0.415. The maximum atomic E-state index is 13.1. The van der Waals surface area contributed by atoms with Crippen LogP contribution in [-0.2, 0) is 0 Å². The number of hydrogen-bond acceptors (Lipinski definition) is 2. The highest BCUT2D eigenvalue weighted by atomic mass is 32.2. The topological polar surface area (TPSA) is 12.0 Å². The second-order valence-electron chi connectivity index (χ2n) is 3.10. The van der Waals surface area contributed by atoms with Gasteiger partial charge in [-0.1, -0.05) is 6.92 Å². The van der Waals surface area contributed by atoms with E-state index in [1.807, 2.05) is 11.8 Å². The summed E-state index contributed by atoms with van der Waals surface area (Å²) in [6.45, 7) is 2.78. The lowest BCUT2D eigenvalue weighted by Gasteiger charge is -2.06. The van der Waals surface area contributed by atoms with E-state index in [0.717, 1.165) is 30.1 Å². The number of thioether (sulfide) groups is 1. The number of hydrogen-bond donors (Lipinski definition) is 1. The van der Waals surface area contributed by atoms with Gasteiger partial charge in [0.2, 0.25) is 0 Å². The van der Waals surface area contributed by atoms with Gasteiger partial charge in [-0.25, -0.2) is 8.78 Å². The lowest BCUT2D eigenvalue weighted by atomic mass is 10.3. The van der Waals surface area contributed by atoms with E-state index >= 15 is 0 Å². The average Bonchev–Trinajstić information content (AvgIpc) is 2.23. The maximum Gasteiger partial charge on any atom is 0.146 e. The van der Waals surface area contributed by atoms with Gasteiger partial charge >= 0.3 is 0 Å². The third kappa shape index (κ3) is 4.51. The van der Waals surface area contributed by atoms with Crippen molar-refractivity contribution >= 4 is 17.4 Å². The predicted octanol–water partition coefficient (Wildman–Crippen LogP) is 3.52. The minimum absolute atomic E-state index is 0.247. The molecular weight excluding hydrogens is 216 g/mol. The highest BCUT2D eigenvalue weighted by Crippen LogP contribution is 2.15. The van der Waals surface area contributed by atoms with Crippen LogP contribution in [0.4, 0.5) is 14.5 Å². The number of rotatable bonds is 6. The molecular formula is C11H15F2NS. The van der Waals surface area contributed by atoms with Crippen LogP contribution in [-0.4, -0.2) is 18.1 Å². The first kappa shape index (κ1) is 12.3. The van der Waals surface area contributed by atoms with Gasteiger partial charge in [0.1, 0.15) is 11.6 Å². The van der Waals surface area contributed by atoms with Crippen LogP contribution in [0.3, 0.4) is 0 Å². The average molecular weight is 231 g/mol. The third-order valence-corrected chi connectivity index (χ3v) is 2.90. The quantitative estimate of drug-likeness (QED) is 0.752. The summed E-state index contributed by atoms with van der Waals surface area (Å²) in [5, 5.41) is 2.88. The highest BCUT2D eigenvalue weighted by molar-refractivity contribution is 7.99. The van der Waals surface area contributed by atoms with Crippen molar-refractivity contribution in [2.24, 2.45) is 0 Å². The van der Waals surface area contributed by atoms with E-state index < -0.39 is 11.6 Å². The number of benzene rings is 1. The first-order valence-electron chi connectivity index (χ1n) is 5.00. The van der Waals surface area contributed by atoms with Crippen LogP contribution >= 0.6 is 11.8 Å². The largest absolute Gasteiger partial charge is 0.383 e. The fourth-order valence-corrected chi connectivity index (χ4v) is 1.81. The molecule has 0 unspecified atom stereocenters. The van der Waals surface area contributed by atoms with E-state index in [1.54, 1.807) is 0 Å². The van der Waals surface area contributed by atoms with Crippen LogP contribution in [0.5, 0.6) is 0 Å². The second-order valence-corrected chi connectivity index (χ2v) is 4.50. The lowest BCUT2D eigenvalue weighted by molar-refractivity contribution is 0.602. The van der Waals surface area contributed by atoms with Crippen molar-refractivity contribution in [1.82, 2.24) is 0 Å². The summed E-state index contributed by atoms with van der Waals surface area (Å²) in [4.78, 5) is 0. The first-order chi connectivity index (χ1) is 7.24. The van der Waals surface area contributed by atoms with Gasteiger partial charge in [0.15, 0.2) is 0 Å². The van der Waals surface area contributed by atoms with Crippen molar-refractivity contribution in [2.75, 3.05) is 23.4 Å². The molecule has 0 bridgehead atoms. The number of halogens is 2. The molecule has 1 rings (SSSR count).